The van der Waals surface area contributed by atoms with Crippen LogP contribution in [-0.4, -0.2) is 15.8 Å². The van der Waals surface area contributed by atoms with Gasteiger partial charge in [-0.3, -0.25) is 9.78 Å². The lowest BCUT2D eigenvalue weighted by Gasteiger charge is -2.26. The van der Waals surface area contributed by atoms with Crippen LogP contribution in [0.3, 0.4) is 0 Å². The van der Waals surface area contributed by atoms with Crippen molar-refractivity contribution in [3.8, 4) is 6.07 Å². The van der Waals surface area contributed by atoms with Gasteiger partial charge in [-0.1, -0.05) is 12.1 Å². The molecule has 0 unspecified atom stereocenters. The maximum Gasteiger partial charge on any atom is 0.258 e. The van der Waals surface area contributed by atoms with E-state index in [1.807, 2.05) is 6.07 Å². The van der Waals surface area contributed by atoms with Crippen LogP contribution >= 0.6 is 0 Å². The highest BCUT2D eigenvalue weighted by atomic mass is 19.1. The molecule has 1 aromatic carbocycles. The van der Waals surface area contributed by atoms with Crippen LogP contribution in [0.5, 0.6) is 0 Å². The third-order valence-electron chi connectivity index (χ3n) is 3.52. The predicted molar refractivity (Wildman–Crippen MR) is 77.9 cm³/mol. The van der Waals surface area contributed by atoms with Crippen LogP contribution in [0.15, 0.2) is 34.1 Å². The van der Waals surface area contributed by atoms with Gasteiger partial charge in [-0.05, 0) is 17.7 Å². The van der Waals surface area contributed by atoms with Crippen LogP contribution in [0.2, 0.25) is 0 Å². The second kappa shape index (κ2) is 4.96. The summed E-state index contributed by atoms with van der Waals surface area (Å²) in [4.78, 5) is 22.6. The Morgan fingerprint density at radius 3 is 2.59 bits per heavy atom. The number of hydrogen-bond donors (Lipinski definition) is 3. The van der Waals surface area contributed by atoms with Gasteiger partial charge in [0.25, 0.3) is 5.56 Å². The molecule has 0 spiro atoms. The fourth-order valence-corrected chi connectivity index (χ4v) is 2.55. The second-order valence-electron chi connectivity index (χ2n) is 4.86. The number of halogens is 1. The summed E-state index contributed by atoms with van der Waals surface area (Å²) < 4.78 is 13.1. The van der Waals surface area contributed by atoms with Gasteiger partial charge in [-0.15, -0.1) is 0 Å². The van der Waals surface area contributed by atoms with Crippen LogP contribution in [0.1, 0.15) is 17.0 Å². The average molecular weight is 298 g/mol. The Balaban J connectivity index is 2.28. The van der Waals surface area contributed by atoms with Gasteiger partial charge in [-0.2, -0.15) is 10.2 Å². The lowest BCUT2D eigenvalue weighted by atomic mass is 9.79. The molecule has 1 aliphatic heterocycles. The predicted octanol–water partition coefficient (Wildman–Crippen LogP) is 0.765. The molecule has 110 valence electrons. The van der Waals surface area contributed by atoms with Gasteiger partial charge in [0, 0.05) is 5.92 Å². The van der Waals surface area contributed by atoms with Gasteiger partial charge in [0.1, 0.15) is 17.6 Å². The quantitative estimate of drug-likeness (QED) is 0.714. The van der Waals surface area contributed by atoms with Crippen molar-refractivity contribution in [2.24, 2.45) is 16.6 Å². The standard InChI is InChI=1S/C14H11FN6O/c15-7-3-1-6(2-4-7)9-8(5-16)11(17)19-12-10(9)13(22)21-14(18)20-12/h1-4,8-9H,(H5,17,18,19,20,21,22)/t8-,9-/m0/s1. The van der Waals surface area contributed by atoms with E-state index in [1.54, 1.807) is 0 Å². The number of fused-ring (bicyclic) bond motifs is 1. The lowest BCUT2D eigenvalue weighted by Crippen LogP contribution is -2.35. The molecule has 0 bridgehead atoms. The number of amidine groups is 1. The van der Waals surface area contributed by atoms with E-state index in [1.165, 1.54) is 24.3 Å². The molecule has 0 saturated carbocycles. The number of benzene rings is 1. The zero-order valence-corrected chi connectivity index (χ0v) is 11.2. The molecular weight excluding hydrogens is 287 g/mol. The van der Waals surface area contributed by atoms with E-state index in [-0.39, 0.29) is 23.2 Å². The van der Waals surface area contributed by atoms with E-state index in [0.29, 0.717) is 5.56 Å². The molecule has 7 nitrogen and oxygen atoms in total. The Labute approximate surface area is 124 Å². The van der Waals surface area contributed by atoms with Gasteiger partial charge in [0.2, 0.25) is 5.95 Å². The highest BCUT2D eigenvalue weighted by molar-refractivity contribution is 5.91. The number of aliphatic imine (C=N–C) groups is 1. The number of H-pyrrole nitrogens is 1. The fourth-order valence-electron chi connectivity index (χ4n) is 2.55. The Morgan fingerprint density at radius 1 is 1.27 bits per heavy atom. The summed E-state index contributed by atoms with van der Waals surface area (Å²) in [6.07, 6.45) is 0. The maximum absolute atomic E-state index is 13.1. The fraction of sp³-hybridized carbons (Fsp3) is 0.143. The summed E-state index contributed by atoms with van der Waals surface area (Å²) in [6, 6.07) is 7.55. The molecule has 0 amide bonds. The van der Waals surface area contributed by atoms with E-state index >= 15 is 0 Å². The molecule has 0 aliphatic carbocycles. The van der Waals surface area contributed by atoms with Gasteiger partial charge >= 0.3 is 0 Å². The highest BCUT2D eigenvalue weighted by Gasteiger charge is 2.36. The number of aromatic amines is 1. The zero-order chi connectivity index (χ0) is 15.9. The molecule has 22 heavy (non-hydrogen) atoms. The van der Waals surface area contributed by atoms with Gasteiger partial charge < -0.3 is 11.5 Å². The Morgan fingerprint density at radius 2 is 1.95 bits per heavy atom. The minimum atomic E-state index is -0.843. The second-order valence-corrected chi connectivity index (χ2v) is 4.86. The van der Waals surface area contributed by atoms with E-state index < -0.39 is 23.2 Å². The first-order chi connectivity index (χ1) is 10.5. The summed E-state index contributed by atoms with van der Waals surface area (Å²) in [5.41, 5.74) is 11.6. The largest absolute Gasteiger partial charge is 0.386 e. The third kappa shape index (κ3) is 2.09. The molecule has 5 N–H and O–H groups in total. The molecule has 2 atom stereocenters. The average Bonchev–Trinajstić information content (AvgIpc) is 2.46. The third-order valence-corrected chi connectivity index (χ3v) is 3.52. The molecule has 2 aromatic rings. The van der Waals surface area contributed by atoms with Crippen LogP contribution in [0.4, 0.5) is 16.2 Å². The number of rotatable bonds is 1. The molecule has 8 heteroatoms. The van der Waals surface area contributed by atoms with E-state index in [9.17, 15) is 14.4 Å². The van der Waals surface area contributed by atoms with Crippen molar-refractivity contribution in [2.75, 3.05) is 5.73 Å². The van der Waals surface area contributed by atoms with Gasteiger partial charge in [0.05, 0.1) is 11.6 Å². The molecular formula is C14H11FN6O. The number of nitrogens with two attached hydrogens (primary N) is 2. The van der Waals surface area contributed by atoms with Crippen molar-refractivity contribution in [3.63, 3.8) is 0 Å². The molecule has 0 radical (unpaired) electrons. The summed E-state index contributed by atoms with van der Waals surface area (Å²) in [5.74, 6) is -1.91. The van der Waals surface area contributed by atoms with Crippen LogP contribution < -0.4 is 17.0 Å². The van der Waals surface area contributed by atoms with E-state index in [2.05, 4.69) is 15.0 Å². The number of nitrogens with zero attached hydrogens (tertiary/aromatic N) is 3. The Kier molecular flexibility index (Phi) is 3.10. The minimum absolute atomic E-state index is 0.0434. The summed E-state index contributed by atoms with van der Waals surface area (Å²) >= 11 is 0. The number of nitriles is 1. The minimum Gasteiger partial charge on any atom is -0.386 e. The molecule has 3 rings (SSSR count). The van der Waals surface area contributed by atoms with Crippen LogP contribution in [0.25, 0.3) is 0 Å². The van der Waals surface area contributed by atoms with E-state index in [4.69, 9.17) is 11.5 Å². The summed E-state index contributed by atoms with van der Waals surface area (Å²) in [6.45, 7) is 0. The first-order valence-electron chi connectivity index (χ1n) is 6.40. The van der Waals surface area contributed by atoms with Crippen molar-refractivity contribution >= 4 is 17.6 Å². The molecule has 1 aliphatic rings. The van der Waals surface area contributed by atoms with Crippen molar-refractivity contribution in [1.82, 2.24) is 9.97 Å². The summed E-state index contributed by atoms with van der Waals surface area (Å²) in [7, 11) is 0. The molecule has 2 heterocycles. The van der Waals surface area contributed by atoms with Gasteiger partial charge in [0.15, 0.2) is 5.82 Å². The molecule has 1 aromatic heterocycles. The smallest absolute Gasteiger partial charge is 0.258 e. The zero-order valence-electron chi connectivity index (χ0n) is 11.2. The van der Waals surface area contributed by atoms with E-state index in [0.717, 1.165) is 0 Å². The SMILES string of the molecule is N#C[C@@H]1C(N)=Nc2nc(N)[nH]c(=O)c2[C@H]1c1ccc(F)cc1. The highest BCUT2D eigenvalue weighted by Crippen LogP contribution is 2.38. The van der Waals surface area contributed by atoms with Crippen LogP contribution in [-0.2, 0) is 0 Å². The lowest BCUT2D eigenvalue weighted by molar-refractivity contribution is 0.624. The number of hydrogen-bond acceptors (Lipinski definition) is 6. The normalized spacial score (nSPS) is 19.9. The van der Waals surface area contributed by atoms with Crippen molar-refractivity contribution in [3.05, 3.63) is 51.6 Å². The molecule has 0 fully saturated rings. The first kappa shape index (κ1) is 13.8. The van der Waals surface area contributed by atoms with Crippen LogP contribution in [0, 0.1) is 23.1 Å². The van der Waals surface area contributed by atoms with Crippen molar-refractivity contribution < 1.29 is 4.39 Å². The summed E-state index contributed by atoms with van der Waals surface area (Å²) in [5, 5.41) is 9.38. The number of nitrogens with one attached hydrogen (secondary N) is 1. The Bertz CT molecular complexity index is 864. The first-order valence-corrected chi connectivity index (χ1v) is 6.40. The monoisotopic (exact) mass is 298 g/mol. The number of aromatic nitrogens is 2. The number of anilines is 1. The van der Waals surface area contributed by atoms with Crippen molar-refractivity contribution in [1.29, 1.82) is 5.26 Å². The molecule has 0 saturated heterocycles. The maximum atomic E-state index is 13.1. The van der Waals surface area contributed by atoms with Crippen molar-refractivity contribution in [2.45, 2.75) is 5.92 Å². The number of nitrogen functional groups attached to an aromatic ring is 1. The topological polar surface area (TPSA) is 134 Å². The van der Waals surface area contributed by atoms with Gasteiger partial charge in [-0.25, -0.2) is 9.38 Å². The Hall–Kier alpha value is -3.21.